The monoisotopic (exact) mass is 381 g/mol. The summed E-state index contributed by atoms with van der Waals surface area (Å²) in [6.07, 6.45) is 1.83. The fourth-order valence-electron chi connectivity index (χ4n) is 3.27. The first kappa shape index (κ1) is 17.0. The molecule has 3 aromatic rings. The number of thiophene rings is 1. The molecule has 1 aliphatic heterocycles. The van der Waals surface area contributed by atoms with Crippen molar-refractivity contribution in [3.63, 3.8) is 0 Å². The smallest absolute Gasteiger partial charge is 0.170 e. The molecule has 0 radical (unpaired) electrons. The Balaban J connectivity index is 1.66. The summed E-state index contributed by atoms with van der Waals surface area (Å²) in [5, 5.41) is 6.35. The highest BCUT2D eigenvalue weighted by atomic mass is 32.1. The molecule has 1 N–H and O–H groups in total. The van der Waals surface area contributed by atoms with Gasteiger partial charge in [0.15, 0.2) is 5.11 Å². The third kappa shape index (κ3) is 3.30. The Morgan fingerprint density at radius 2 is 2.00 bits per heavy atom. The van der Waals surface area contributed by atoms with Crippen molar-refractivity contribution in [3.05, 3.63) is 82.3 Å². The number of ether oxygens (including phenoxy) is 1. The summed E-state index contributed by atoms with van der Waals surface area (Å²) < 4.78 is 5.26. The fraction of sp³-hybridized carbons (Fsp3) is 0.200. The van der Waals surface area contributed by atoms with E-state index in [4.69, 9.17) is 17.0 Å². The van der Waals surface area contributed by atoms with Crippen molar-refractivity contribution in [1.29, 1.82) is 0 Å². The SMILES string of the molecule is COc1ccc(CN2C(=S)N[C@@H](c3ccccn3)[C@H]2c2cccs2)cc1. The largest absolute Gasteiger partial charge is 0.497 e. The van der Waals surface area contributed by atoms with Crippen LogP contribution in [0.2, 0.25) is 0 Å². The van der Waals surface area contributed by atoms with Crippen molar-refractivity contribution in [3.8, 4) is 5.75 Å². The number of thiocarbonyl (C=S) groups is 1. The van der Waals surface area contributed by atoms with Crippen LogP contribution >= 0.6 is 23.6 Å². The van der Waals surface area contributed by atoms with Crippen LogP contribution in [-0.2, 0) is 6.54 Å². The lowest BCUT2D eigenvalue weighted by molar-refractivity contribution is 0.315. The van der Waals surface area contributed by atoms with Crippen molar-refractivity contribution in [2.24, 2.45) is 0 Å². The lowest BCUT2D eigenvalue weighted by Gasteiger charge is -2.27. The predicted molar refractivity (Wildman–Crippen MR) is 108 cm³/mol. The first-order valence-electron chi connectivity index (χ1n) is 8.40. The average molecular weight is 382 g/mol. The van der Waals surface area contributed by atoms with E-state index in [1.165, 1.54) is 10.4 Å². The minimum absolute atomic E-state index is 0.0422. The van der Waals surface area contributed by atoms with Crippen LogP contribution in [0.3, 0.4) is 0 Å². The Bertz CT molecular complexity index is 866. The maximum atomic E-state index is 5.68. The van der Waals surface area contributed by atoms with Crippen LogP contribution in [0.1, 0.15) is 28.2 Å². The molecule has 1 saturated heterocycles. The summed E-state index contributed by atoms with van der Waals surface area (Å²) in [5.74, 6) is 0.858. The van der Waals surface area contributed by atoms with E-state index in [-0.39, 0.29) is 12.1 Å². The number of benzene rings is 1. The van der Waals surface area contributed by atoms with Crippen molar-refractivity contribution >= 4 is 28.7 Å². The zero-order valence-corrected chi connectivity index (χ0v) is 16.0. The number of hydrogen-bond donors (Lipinski definition) is 1. The van der Waals surface area contributed by atoms with Gasteiger partial charge >= 0.3 is 0 Å². The van der Waals surface area contributed by atoms with Crippen molar-refractivity contribution < 1.29 is 4.74 Å². The topological polar surface area (TPSA) is 37.4 Å². The minimum Gasteiger partial charge on any atom is -0.497 e. The Kier molecular flexibility index (Phi) is 4.86. The molecule has 0 saturated carbocycles. The summed E-state index contributed by atoms with van der Waals surface area (Å²) in [4.78, 5) is 8.09. The zero-order valence-electron chi connectivity index (χ0n) is 14.3. The summed E-state index contributed by atoms with van der Waals surface area (Å²) in [7, 11) is 1.68. The standard InChI is InChI=1S/C20H19N3OS2/c1-24-15-9-7-14(8-10-15)13-23-19(17-6-4-12-26-17)18(22-20(23)25)16-5-2-3-11-21-16/h2-12,18-19H,13H2,1H3,(H,22,25)/t18-,19+/m0/s1. The molecule has 1 aromatic carbocycles. The van der Waals surface area contributed by atoms with Gasteiger partial charge in [0.05, 0.1) is 24.9 Å². The molecule has 1 aliphatic rings. The third-order valence-electron chi connectivity index (χ3n) is 4.54. The maximum Gasteiger partial charge on any atom is 0.170 e. The van der Waals surface area contributed by atoms with E-state index in [0.717, 1.165) is 23.1 Å². The molecule has 2 atom stereocenters. The molecular weight excluding hydrogens is 362 g/mol. The first-order chi connectivity index (χ1) is 12.8. The van der Waals surface area contributed by atoms with E-state index >= 15 is 0 Å². The summed E-state index contributed by atoms with van der Waals surface area (Å²) in [5.41, 5.74) is 2.20. The van der Waals surface area contributed by atoms with Gasteiger partial charge in [0.25, 0.3) is 0 Å². The van der Waals surface area contributed by atoms with E-state index < -0.39 is 0 Å². The quantitative estimate of drug-likeness (QED) is 0.666. The molecule has 132 valence electrons. The predicted octanol–water partition coefficient (Wildman–Crippen LogP) is 4.32. The van der Waals surface area contributed by atoms with E-state index in [1.54, 1.807) is 18.4 Å². The van der Waals surface area contributed by atoms with Crippen molar-refractivity contribution in [2.75, 3.05) is 7.11 Å². The Labute approximate surface area is 162 Å². The lowest BCUT2D eigenvalue weighted by Crippen LogP contribution is -2.28. The highest BCUT2D eigenvalue weighted by Crippen LogP contribution is 2.41. The number of pyridine rings is 1. The molecule has 0 amide bonds. The Morgan fingerprint density at radius 3 is 2.65 bits per heavy atom. The number of rotatable bonds is 5. The van der Waals surface area contributed by atoms with Crippen LogP contribution in [0.25, 0.3) is 0 Å². The fourth-order valence-corrected chi connectivity index (χ4v) is 4.45. The van der Waals surface area contributed by atoms with Crippen LogP contribution < -0.4 is 10.1 Å². The Hall–Kier alpha value is -2.44. The number of hydrogen-bond acceptors (Lipinski definition) is 4. The van der Waals surface area contributed by atoms with Gasteiger partial charge < -0.3 is 15.0 Å². The normalized spacial score (nSPS) is 19.4. The van der Waals surface area contributed by atoms with Gasteiger partial charge in [-0.2, -0.15) is 0 Å². The van der Waals surface area contributed by atoms with Gasteiger partial charge in [-0.3, -0.25) is 4.98 Å². The second kappa shape index (κ2) is 7.43. The van der Waals surface area contributed by atoms with Crippen LogP contribution in [0.4, 0.5) is 0 Å². The van der Waals surface area contributed by atoms with Gasteiger partial charge in [-0.25, -0.2) is 0 Å². The number of aromatic nitrogens is 1. The van der Waals surface area contributed by atoms with E-state index in [0.29, 0.717) is 0 Å². The lowest BCUT2D eigenvalue weighted by atomic mass is 10.0. The van der Waals surface area contributed by atoms with Crippen LogP contribution in [0, 0.1) is 0 Å². The van der Waals surface area contributed by atoms with Gasteiger partial charge in [0.2, 0.25) is 0 Å². The van der Waals surface area contributed by atoms with Gasteiger partial charge in [0.1, 0.15) is 5.75 Å². The summed E-state index contributed by atoms with van der Waals surface area (Å²) in [6.45, 7) is 0.738. The summed E-state index contributed by atoms with van der Waals surface area (Å²) >= 11 is 7.44. The Morgan fingerprint density at radius 1 is 1.15 bits per heavy atom. The van der Waals surface area contributed by atoms with Gasteiger partial charge in [0, 0.05) is 17.6 Å². The van der Waals surface area contributed by atoms with Crippen molar-refractivity contribution in [2.45, 2.75) is 18.6 Å². The minimum atomic E-state index is 0.0422. The molecule has 4 rings (SSSR count). The van der Waals surface area contributed by atoms with E-state index in [9.17, 15) is 0 Å². The van der Waals surface area contributed by atoms with Crippen molar-refractivity contribution in [1.82, 2.24) is 15.2 Å². The van der Waals surface area contributed by atoms with E-state index in [2.05, 4.69) is 50.9 Å². The van der Waals surface area contributed by atoms with Gasteiger partial charge in [-0.15, -0.1) is 11.3 Å². The summed E-state index contributed by atoms with van der Waals surface area (Å²) in [6, 6.07) is 18.6. The molecule has 2 aromatic heterocycles. The molecular formula is C20H19N3OS2. The van der Waals surface area contributed by atoms with Crippen LogP contribution in [0.5, 0.6) is 5.75 Å². The van der Waals surface area contributed by atoms with E-state index in [1.807, 2.05) is 30.5 Å². The average Bonchev–Trinajstić information content (AvgIpc) is 3.32. The number of methoxy groups -OCH3 is 1. The molecule has 6 heteroatoms. The third-order valence-corrected chi connectivity index (χ3v) is 5.84. The van der Waals surface area contributed by atoms with Crippen LogP contribution in [0.15, 0.2) is 66.2 Å². The molecule has 0 unspecified atom stereocenters. The second-order valence-corrected chi connectivity index (χ2v) is 7.48. The van der Waals surface area contributed by atoms with Gasteiger partial charge in [-0.1, -0.05) is 24.3 Å². The molecule has 0 spiro atoms. The first-order valence-corrected chi connectivity index (χ1v) is 9.69. The number of nitrogens with zero attached hydrogens (tertiary/aromatic N) is 2. The molecule has 4 nitrogen and oxygen atoms in total. The highest BCUT2D eigenvalue weighted by Gasteiger charge is 2.40. The van der Waals surface area contributed by atoms with Crippen LogP contribution in [-0.4, -0.2) is 22.1 Å². The zero-order chi connectivity index (χ0) is 17.9. The second-order valence-electron chi connectivity index (χ2n) is 6.12. The molecule has 0 aliphatic carbocycles. The highest BCUT2D eigenvalue weighted by molar-refractivity contribution is 7.80. The molecule has 3 heterocycles. The maximum absolute atomic E-state index is 5.68. The molecule has 26 heavy (non-hydrogen) atoms. The molecule has 0 bridgehead atoms. The molecule has 1 fully saturated rings. The van der Waals surface area contributed by atoms with Gasteiger partial charge in [-0.05, 0) is 53.5 Å². The number of nitrogens with one attached hydrogen (secondary N) is 1.